The van der Waals surface area contributed by atoms with E-state index in [0.29, 0.717) is 37.2 Å². The van der Waals surface area contributed by atoms with Crippen LogP contribution in [0, 0.1) is 5.92 Å². The fraction of sp³-hybridized carbons (Fsp3) is 0.708. The summed E-state index contributed by atoms with van der Waals surface area (Å²) in [6.45, 7) is 7.61. The largest absolute Gasteiger partial charge is 0.343 e. The third kappa shape index (κ3) is 6.30. The van der Waals surface area contributed by atoms with Crippen LogP contribution < -0.4 is 4.72 Å². The summed E-state index contributed by atoms with van der Waals surface area (Å²) in [4.78, 5) is 14.8. The Balaban J connectivity index is 1.47. The second-order valence-corrected chi connectivity index (χ2v) is 11.8. The van der Waals surface area contributed by atoms with Crippen molar-refractivity contribution in [3.8, 4) is 0 Å². The molecule has 2 aliphatic rings. The van der Waals surface area contributed by atoms with Gasteiger partial charge in [0.2, 0.25) is 15.9 Å². The van der Waals surface area contributed by atoms with E-state index in [4.69, 9.17) is 0 Å². The molecule has 3 rings (SSSR count). The lowest BCUT2D eigenvalue weighted by Crippen LogP contribution is -2.46. The summed E-state index contributed by atoms with van der Waals surface area (Å²) in [5, 5.41) is 0. The zero-order valence-corrected chi connectivity index (χ0v) is 19.6. The number of carbonyl (C=O) groups excluding carboxylic acids is 1. The number of benzene rings is 1. The summed E-state index contributed by atoms with van der Waals surface area (Å²) in [7, 11) is -3.54. The van der Waals surface area contributed by atoms with E-state index in [1.165, 1.54) is 32.1 Å². The predicted molar refractivity (Wildman–Crippen MR) is 121 cm³/mol. The maximum Gasteiger partial charge on any atom is 0.240 e. The van der Waals surface area contributed by atoms with Crippen molar-refractivity contribution >= 4 is 15.9 Å². The van der Waals surface area contributed by atoms with Crippen LogP contribution in [0.15, 0.2) is 29.2 Å². The van der Waals surface area contributed by atoms with E-state index in [1.807, 2.05) is 17.0 Å². The Hall–Kier alpha value is -1.40. The number of piperidine rings is 1. The molecule has 1 heterocycles. The third-order valence-electron chi connectivity index (χ3n) is 6.69. The topological polar surface area (TPSA) is 66.5 Å². The molecule has 2 fully saturated rings. The average molecular weight is 435 g/mol. The van der Waals surface area contributed by atoms with E-state index in [-0.39, 0.29) is 17.4 Å². The first-order chi connectivity index (χ1) is 14.1. The molecule has 1 saturated heterocycles. The van der Waals surface area contributed by atoms with Gasteiger partial charge in [-0.15, -0.1) is 0 Å². The number of hydrogen-bond donors (Lipinski definition) is 1. The van der Waals surface area contributed by atoms with E-state index in [9.17, 15) is 13.2 Å². The van der Waals surface area contributed by atoms with Crippen molar-refractivity contribution in [1.82, 2.24) is 9.62 Å². The molecule has 0 spiro atoms. The molecule has 0 radical (unpaired) electrons. The fourth-order valence-electron chi connectivity index (χ4n) is 4.63. The van der Waals surface area contributed by atoms with Gasteiger partial charge >= 0.3 is 0 Å². The minimum atomic E-state index is -3.54. The van der Waals surface area contributed by atoms with E-state index in [1.54, 1.807) is 12.1 Å². The molecule has 0 aromatic heterocycles. The monoisotopic (exact) mass is 434 g/mol. The standard InChI is InChI=1S/C24H38N2O3S/c1-24(2,3)20-10-12-22(13-11-20)30(28,29)25-21-15-17-26(18-16-21)23(27)14-9-19-7-5-4-6-8-19/h10-13,19,21,25H,4-9,14-18H2,1-3H3. The van der Waals surface area contributed by atoms with Gasteiger partial charge in [0.15, 0.2) is 0 Å². The number of hydrogen-bond acceptors (Lipinski definition) is 3. The van der Waals surface area contributed by atoms with Gasteiger partial charge in [0.1, 0.15) is 0 Å². The van der Waals surface area contributed by atoms with Gasteiger partial charge in [0.25, 0.3) is 0 Å². The summed E-state index contributed by atoms with van der Waals surface area (Å²) >= 11 is 0. The molecule has 1 aromatic rings. The molecule has 30 heavy (non-hydrogen) atoms. The van der Waals surface area contributed by atoms with Gasteiger partial charge in [0.05, 0.1) is 4.90 Å². The lowest BCUT2D eigenvalue weighted by Gasteiger charge is -2.33. The quantitative estimate of drug-likeness (QED) is 0.711. The number of nitrogens with one attached hydrogen (secondary N) is 1. The zero-order chi connectivity index (χ0) is 21.8. The van der Waals surface area contributed by atoms with Crippen LogP contribution in [-0.2, 0) is 20.2 Å². The summed E-state index contributed by atoms with van der Waals surface area (Å²) in [5.74, 6) is 0.955. The van der Waals surface area contributed by atoms with Gasteiger partial charge in [-0.2, -0.15) is 0 Å². The van der Waals surface area contributed by atoms with Crippen molar-refractivity contribution < 1.29 is 13.2 Å². The molecule has 1 aliphatic heterocycles. The molecule has 1 N–H and O–H groups in total. The molecule has 5 nitrogen and oxygen atoms in total. The highest BCUT2D eigenvalue weighted by Gasteiger charge is 2.27. The van der Waals surface area contributed by atoms with Crippen LogP contribution in [-0.4, -0.2) is 38.4 Å². The Kier molecular flexibility index (Phi) is 7.61. The summed E-state index contributed by atoms with van der Waals surface area (Å²) in [6, 6.07) is 7.05. The molecule has 0 bridgehead atoms. The van der Waals surface area contributed by atoms with Crippen molar-refractivity contribution in [2.45, 2.75) is 94.9 Å². The highest BCUT2D eigenvalue weighted by molar-refractivity contribution is 7.89. The van der Waals surface area contributed by atoms with Crippen LogP contribution >= 0.6 is 0 Å². The molecule has 1 amide bonds. The smallest absolute Gasteiger partial charge is 0.240 e. The third-order valence-corrected chi connectivity index (χ3v) is 8.23. The zero-order valence-electron chi connectivity index (χ0n) is 18.8. The van der Waals surface area contributed by atoms with E-state index in [0.717, 1.165) is 17.9 Å². The first-order valence-electron chi connectivity index (χ1n) is 11.6. The Bertz CT molecular complexity index is 798. The van der Waals surface area contributed by atoms with Crippen molar-refractivity contribution in [2.75, 3.05) is 13.1 Å². The Morgan fingerprint density at radius 1 is 1.00 bits per heavy atom. The van der Waals surface area contributed by atoms with Crippen LogP contribution in [0.2, 0.25) is 0 Å². The maximum atomic E-state index is 12.8. The fourth-order valence-corrected chi connectivity index (χ4v) is 5.93. The average Bonchev–Trinajstić information content (AvgIpc) is 2.72. The summed E-state index contributed by atoms with van der Waals surface area (Å²) in [5.41, 5.74) is 1.10. The molecule has 0 atom stereocenters. The van der Waals surface area contributed by atoms with E-state index >= 15 is 0 Å². The summed E-state index contributed by atoms with van der Waals surface area (Å²) < 4.78 is 28.4. The highest BCUT2D eigenvalue weighted by Crippen LogP contribution is 2.28. The second kappa shape index (κ2) is 9.82. The minimum Gasteiger partial charge on any atom is -0.343 e. The molecule has 6 heteroatoms. The van der Waals surface area contributed by atoms with Crippen LogP contribution in [0.5, 0.6) is 0 Å². The van der Waals surface area contributed by atoms with Gasteiger partial charge in [-0.3, -0.25) is 4.79 Å². The van der Waals surface area contributed by atoms with Crippen LogP contribution in [0.4, 0.5) is 0 Å². The molecule has 1 aromatic carbocycles. The number of sulfonamides is 1. The van der Waals surface area contributed by atoms with Crippen LogP contribution in [0.25, 0.3) is 0 Å². The van der Waals surface area contributed by atoms with Gasteiger partial charge in [-0.25, -0.2) is 13.1 Å². The lowest BCUT2D eigenvalue weighted by molar-refractivity contribution is -0.132. The van der Waals surface area contributed by atoms with Crippen LogP contribution in [0.3, 0.4) is 0 Å². The van der Waals surface area contributed by atoms with E-state index in [2.05, 4.69) is 25.5 Å². The maximum absolute atomic E-state index is 12.8. The Labute approximate surface area is 182 Å². The van der Waals surface area contributed by atoms with Crippen molar-refractivity contribution in [3.63, 3.8) is 0 Å². The molecule has 168 valence electrons. The molecule has 1 saturated carbocycles. The molecule has 1 aliphatic carbocycles. The SMILES string of the molecule is CC(C)(C)c1ccc(S(=O)(=O)NC2CCN(C(=O)CCC3CCCCC3)CC2)cc1. The molecule has 0 unspecified atom stereocenters. The minimum absolute atomic E-state index is 0.00787. The Morgan fingerprint density at radius 2 is 1.60 bits per heavy atom. The predicted octanol–water partition coefficient (Wildman–Crippen LogP) is 4.61. The highest BCUT2D eigenvalue weighted by atomic mass is 32.2. The van der Waals surface area contributed by atoms with Gasteiger partial charge in [-0.05, 0) is 48.3 Å². The van der Waals surface area contributed by atoms with Gasteiger partial charge < -0.3 is 4.90 Å². The normalized spacial score (nSPS) is 19.8. The number of likely N-dealkylation sites (tertiary alicyclic amines) is 1. The van der Waals surface area contributed by atoms with Crippen molar-refractivity contribution in [3.05, 3.63) is 29.8 Å². The molecular formula is C24H38N2O3S. The van der Waals surface area contributed by atoms with Crippen LogP contribution in [0.1, 0.15) is 84.1 Å². The Morgan fingerprint density at radius 3 is 2.17 bits per heavy atom. The lowest BCUT2D eigenvalue weighted by atomic mass is 9.86. The first-order valence-corrected chi connectivity index (χ1v) is 13.0. The number of nitrogens with zero attached hydrogens (tertiary/aromatic N) is 1. The van der Waals surface area contributed by atoms with Crippen molar-refractivity contribution in [1.29, 1.82) is 0 Å². The van der Waals surface area contributed by atoms with E-state index < -0.39 is 10.0 Å². The second-order valence-electron chi connectivity index (χ2n) is 10.1. The van der Waals surface area contributed by atoms with Gasteiger partial charge in [-0.1, -0.05) is 65.0 Å². The first kappa shape index (κ1) is 23.3. The number of rotatable bonds is 6. The number of carbonyl (C=O) groups is 1. The number of amides is 1. The van der Waals surface area contributed by atoms with Gasteiger partial charge in [0, 0.05) is 25.6 Å². The molecular weight excluding hydrogens is 396 g/mol. The summed E-state index contributed by atoms with van der Waals surface area (Å²) in [6.07, 6.45) is 9.50. The van der Waals surface area contributed by atoms with Crippen molar-refractivity contribution in [2.24, 2.45) is 5.92 Å².